The SMILES string of the molecule is CCCCCCCCCCCCOc1ccc2cc(OCC(COP(O)OCC[N+](C)(C)C)OC(C)=O)ccc2c1. The van der Waals surface area contributed by atoms with Crippen molar-refractivity contribution in [3.63, 3.8) is 0 Å². The normalized spacial score (nSPS) is 13.2. The molecule has 0 heterocycles. The first-order chi connectivity index (χ1) is 19.7. The monoisotopic (exact) mass is 594 g/mol. The fourth-order valence-corrected chi connectivity index (χ4v) is 4.88. The van der Waals surface area contributed by atoms with Crippen molar-refractivity contribution in [2.45, 2.75) is 84.2 Å². The summed E-state index contributed by atoms with van der Waals surface area (Å²) in [5, 5.41) is 2.09. The van der Waals surface area contributed by atoms with E-state index in [9.17, 15) is 9.69 Å². The smallest absolute Gasteiger partial charge is 0.330 e. The van der Waals surface area contributed by atoms with Gasteiger partial charge in [0.2, 0.25) is 0 Å². The maximum absolute atomic E-state index is 11.6. The lowest BCUT2D eigenvalue weighted by Crippen LogP contribution is -2.37. The highest BCUT2D eigenvalue weighted by Crippen LogP contribution is 2.33. The topological polar surface area (TPSA) is 83.5 Å². The molecule has 0 radical (unpaired) electrons. The third-order valence-electron chi connectivity index (χ3n) is 6.65. The zero-order valence-corrected chi connectivity index (χ0v) is 26.8. The van der Waals surface area contributed by atoms with Crippen LogP contribution in [0.3, 0.4) is 0 Å². The van der Waals surface area contributed by atoms with Gasteiger partial charge in [0.1, 0.15) is 31.3 Å². The van der Waals surface area contributed by atoms with Gasteiger partial charge in [-0.1, -0.05) is 76.8 Å². The Hall–Kier alpha value is -1.96. The van der Waals surface area contributed by atoms with Crippen molar-refractivity contribution in [2.24, 2.45) is 0 Å². The van der Waals surface area contributed by atoms with Crippen LogP contribution in [0.5, 0.6) is 11.5 Å². The van der Waals surface area contributed by atoms with Gasteiger partial charge in [-0.15, -0.1) is 0 Å². The number of hydrogen-bond donors (Lipinski definition) is 1. The Kier molecular flexibility index (Phi) is 17.2. The largest absolute Gasteiger partial charge is 0.494 e. The Labute approximate surface area is 248 Å². The van der Waals surface area contributed by atoms with Gasteiger partial charge in [0.25, 0.3) is 0 Å². The van der Waals surface area contributed by atoms with Crippen LogP contribution in [0.2, 0.25) is 0 Å². The van der Waals surface area contributed by atoms with E-state index in [2.05, 4.69) is 6.92 Å². The van der Waals surface area contributed by atoms with Crippen molar-refractivity contribution >= 4 is 25.3 Å². The summed E-state index contributed by atoms with van der Waals surface area (Å²) in [6.07, 6.45) is 12.4. The Balaban J connectivity index is 1.72. The van der Waals surface area contributed by atoms with Crippen molar-refractivity contribution in [1.82, 2.24) is 0 Å². The molecule has 2 aromatic carbocycles. The number of unbranched alkanes of at least 4 members (excludes halogenated alkanes) is 9. The molecule has 2 rings (SSSR count). The van der Waals surface area contributed by atoms with Gasteiger partial charge in [-0.2, -0.15) is 0 Å². The molecule has 0 aliphatic rings. The Morgan fingerprint density at radius 3 is 1.90 bits per heavy atom. The van der Waals surface area contributed by atoms with Gasteiger partial charge >= 0.3 is 14.6 Å². The van der Waals surface area contributed by atoms with Crippen LogP contribution in [0.4, 0.5) is 0 Å². The zero-order chi connectivity index (χ0) is 29.9. The number of quaternary nitrogens is 1. The molecule has 0 saturated heterocycles. The Bertz CT molecular complexity index is 998. The number of esters is 1. The van der Waals surface area contributed by atoms with Crippen LogP contribution in [0.15, 0.2) is 36.4 Å². The highest BCUT2D eigenvalue weighted by molar-refractivity contribution is 7.40. The second-order valence-corrected chi connectivity index (χ2v) is 12.6. The van der Waals surface area contributed by atoms with Crippen LogP contribution >= 0.6 is 8.60 Å². The van der Waals surface area contributed by atoms with Crippen molar-refractivity contribution in [2.75, 3.05) is 54.1 Å². The first-order valence-electron chi connectivity index (χ1n) is 15.2. The van der Waals surface area contributed by atoms with Crippen LogP contribution in [0.25, 0.3) is 10.8 Å². The number of rotatable bonds is 23. The average Bonchev–Trinajstić information content (AvgIpc) is 2.92. The van der Waals surface area contributed by atoms with Gasteiger partial charge < -0.3 is 32.6 Å². The molecule has 0 bridgehead atoms. The number of nitrogens with zero attached hydrogens (tertiary/aromatic N) is 1. The van der Waals surface area contributed by atoms with E-state index in [-0.39, 0.29) is 13.2 Å². The van der Waals surface area contributed by atoms with Crippen LogP contribution in [-0.4, -0.2) is 75.6 Å². The lowest BCUT2D eigenvalue weighted by Gasteiger charge is -2.24. The highest BCUT2D eigenvalue weighted by Gasteiger charge is 2.18. The predicted molar refractivity (Wildman–Crippen MR) is 166 cm³/mol. The number of hydrogen-bond acceptors (Lipinski definition) is 7. The van der Waals surface area contributed by atoms with E-state index >= 15 is 0 Å². The van der Waals surface area contributed by atoms with E-state index in [1.165, 1.54) is 64.7 Å². The van der Waals surface area contributed by atoms with Gasteiger partial charge in [0.15, 0.2) is 6.10 Å². The third-order valence-corrected chi connectivity index (χ3v) is 7.43. The number of carbonyl (C=O) groups is 1. The fraction of sp³-hybridized carbons (Fsp3) is 0.656. The average molecular weight is 595 g/mol. The molecule has 0 aliphatic carbocycles. The number of likely N-dealkylation sites (N-methyl/N-ethyl adjacent to an activating group) is 1. The molecule has 41 heavy (non-hydrogen) atoms. The van der Waals surface area contributed by atoms with Gasteiger partial charge in [-0.3, -0.25) is 4.79 Å². The maximum atomic E-state index is 11.6. The lowest BCUT2D eigenvalue weighted by molar-refractivity contribution is -0.870. The molecule has 0 aliphatic heterocycles. The molecular formula is C32H53NO7P+. The van der Waals surface area contributed by atoms with Crippen LogP contribution in [0.1, 0.15) is 78.1 Å². The predicted octanol–water partition coefficient (Wildman–Crippen LogP) is 7.41. The molecule has 8 nitrogen and oxygen atoms in total. The number of benzene rings is 2. The summed E-state index contributed by atoms with van der Waals surface area (Å²) in [5.41, 5.74) is 0. The molecule has 0 saturated carbocycles. The molecular weight excluding hydrogens is 541 g/mol. The Morgan fingerprint density at radius 1 is 0.780 bits per heavy atom. The first-order valence-corrected chi connectivity index (χ1v) is 16.3. The van der Waals surface area contributed by atoms with E-state index in [0.29, 0.717) is 16.8 Å². The minimum Gasteiger partial charge on any atom is -0.494 e. The summed E-state index contributed by atoms with van der Waals surface area (Å²) in [7, 11) is 4.05. The Morgan fingerprint density at radius 2 is 1.34 bits per heavy atom. The molecule has 0 aromatic heterocycles. The van der Waals surface area contributed by atoms with Gasteiger partial charge in [0.05, 0.1) is 34.4 Å². The minimum absolute atomic E-state index is 0.0283. The molecule has 232 valence electrons. The van der Waals surface area contributed by atoms with Crippen LogP contribution < -0.4 is 9.47 Å². The van der Waals surface area contributed by atoms with Crippen molar-refractivity contribution in [3.05, 3.63) is 36.4 Å². The number of carbonyl (C=O) groups excluding carboxylic acids is 1. The van der Waals surface area contributed by atoms with E-state index in [1.54, 1.807) is 0 Å². The second-order valence-electron chi connectivity index (χ2n) is 11.6. The molecule has 0 spiro atoms. The summed E-state index contributed by atoms with van der Waals surface area (Å²) < 4.78 is 28.7. The van der Waals surface area contributed by atoms with E-state index < -0.39 is 20.7 Å². The molecule has 2 atom stereocenters. The molecule has 2 aromatic rings. The second kappa shape index (κ2) is 20.0. The fourth-order valence-electron chi connectivity index (χ4n) is 4.28. The van der Waals surface area contributed by atoms with E-state index in [1.807, 2.05) is 57.5 Å². The summed E-state index contributed by atoms with van der Waals surface area (Å²) in [6, 6.07) is 11.9. The minimum atomic E-state index is -2.06. The lowest BCUT2D eigenvalue weighted by atomic mass is 10.1. The van der Waals surface area contributed by atoms with Crippen LogP contribution in [-0.2, 0) is 18.6 Å². The quantitative estimate of drug-likeness (QED) is 0.0621. The van der Waals surface area contributed by atoms with Crippen molar-refractivity contribution in [1.29, 1.82) is 0 Å². The zero-order valence-electron chi connectivity index (χ0n) is 25.9. The van der Waals surface area contributed by atoms with Gasteiger partial charge in [0, 0.05) is 6.92 Å². The van der Waals surface area contributed by atoms with E-state index in [4.69, 9.17) is 23.3 Å². The van der Waals surface area contributed by atoms with Crippen molar-refractivity contribution < 1.29 is 37.4 Å². The maximum Gasteiger partial charge on any atom is 0.330 e. The number of fused-ring (bicyclic) bond motifs is 1. The van der Waals surface area contributed by atoms with Crippen molar-refractivity contribution in [3.8, 4) is 11.5 Å². The molecule has 0 amide bonds. The standard InChI is InChI=1S/C32H53NO7P/c1-6-7-8-9-10-11-12-13-14-15-21-36-30-18-16-29-24-31(19-17-28(29)23-30)37-25-32(40-27(2)34)26-39-41(35)38-22-20-33(3,4)5/h16-19,23-24,32,35H,6-15,20-22,25-26H2,1-5H3/q+1. The molecule has 9 heteroatoms. The summed E-state index contributed by atoms with van der Waals surface area (Å²) in [5.74, 6) is 1.08. The highest BCUT2D eigenvalue weighted by atomic mass is 31.2. The summed E-state index contributed by atoms with van der Waals surface area (Å²) in [6.45, 7) is 5.49. The third kappa shape index (κ3) is 16.9. The van der Waals surface area contributed by atoms with E-state index in [0.717, 1.165) is 36.1 Å². The number of ether oxygens (including phenoxy) is 3. The van der Waals surface area contributed by atoms with Gasteiger partial charge in [-0.05, 0) is 41.5 Å². The molecule has 1 N–H and O–H groups in total. The van der Waals surface area contributed by atoms with Gasteiger partial charge in [-0.25, -0.2) is 0 Å². The molecule has 0 fully saturated rings. The summed E-state index contributed by atoms with van der Waals surface area (Å²) >= 11 is 0. The van der Waals surface area contributed by atoms with Crippen LogP contribution in [0, 0.1) is 0 Å². The first kappa shape index (κ1) is 35.2. The molecule has 2 unspecified atom stereocenters. The summed E-state index contributed by atoms with van der Waals surface area (Å²) in [4.78, 5) is 21.6.